The highest BCUT2D eigenvalue weighted by Crippen LogP contribution is 2.21. The summed E-state index contributed by atoms with van der Waals surface area (Å²) >= 11 is 0. The molecule has 0 radical (unpaired) electrons. The summed E-state index contributed by atoms with van der Waals surface area (Å²) in [5.74, 6) is -0.0742. The molecule has 0 aliphatic carbocycles. The first-order chi connectivity index (χ1) is 7.20. The molecule has 1 aromatic heterocycles. The fraction of sp³-hybridized carbons (Fsp3) is 0.200. The number of nitrogens with two attached hydrogens (primary N) is 1. The summed E-state index contributed by atoms with van der Waals surface area (Å²) in [7, 11) is 1.32. The molecule has 0 amide bonds. The van der Waals surface area contributed by atoms with Crippen molar-refractivity contribution >= 4 is 22.8 Å². The van der Waals surface area contributed by atoms with Crippen molar-refractivity contribution in [3.8, 4) is 0 Å². The number of nitrogens with zero attached hydrogens (tertiary/aromatic N) is 1. The van der Waals surface area contributed by atoms with Gasteiger partial charge in [0.25, 0.3) is 0 Å². The van der Waals surface area contributed by atoms with E-state index >= 15 is 0 Å². The van der Waals surface area contributed by atoms with Crippen LogP contribution in [0.15, 0.2) is 22.6 Å². The van der Waals surface area contributed by atoms with Crippen molar-refractivity contribution in [3.63, 3.8) is 0 Å². The van der Waals surface area contributed by atoms with E-state index in [0.29, 0.717) is 22.7 Å². The van der Waals surface area contributed by atoms with E-state index in [1.165, 1.54) is 7.11 Å². The lowest BCUT2D eigenvalue weighted by molar-refractivity contribution is -0.140. The van der Waals surface area contributed by atoms with E-state index in [-0.39, 0.29) is 12.4 Å². The fourth-order valence-electron chi connectivity index (χ4n) is 1.29. The van der Waals surface area contributed by atoms with Crippen LogP contribution in [0.25, 0.3) is 11.1 Å². The van der Waals surface area contributed by atoms with E-state index in [1.54, 1.807) is 18.2 Å². The van der Waals surface area contributed by atoms with E-state index in [9.17, 15) is 4.79 Å². The van der Waals surface area contributed by atoms with Crippen LogP contribution in [0, 0.1) is 0 Å². The number of anilines is 1. The van der Waals surface area contributed by atoms with Crippen LogP contribution < -0.4 is 5.73 Å². The third-order valence-electron chi connectivity index (χ3n) is 2.01. The van der Waals surface area contributed by atoms with Gasteiger partial charge < -0.3 is 14.9 Å². The van der Waals surface area contributed by atoms with Gasteiger partial charge in [0.05, 0.1) is 12.8 Å². The molecule has 0 saturated heterocycles. The number of aromatic nitrogens is 1. The highest BCUT2D eigenvalue weighted by Gasteiger charge is 2.11. The van der Waals surface area contributed by atoms with Gasteiger partial charge in [-0.15, -0.1) is 0 Å². The molecule has 0 bridgehead atoms. The molecular formula is C10H10N2O3. The lowest BCUT2D eigenvalue weighted by atomic mass is 10.3. The van der Waals surface area contributed by atoms with Gasteiger partial charge in [-0.3, -0.25) is 4.79 Å². The number of benzene rings is 1. The van der Waals surface area contributed by atoms with Gasteiger partial charge in [0.2, 0.25) is 5.89 Å². The van der Waals surface area contributed by atoms with Gasteiger partial charge in [0.1, 0.15) is 11.9 Å². The maximum absolute atomic E-state index is 11.0. The van der Waals surface area contributed by atoms with Gasteiger partial charge in [-0.1, -0.05) is 6.07 Å². The smallest absolute Gasteiger partial charge is 0.314 e. The number of para-hydroxylation sites is 1. The Hall–Kier alpha value is -2.04. The zero-order valence-corrected chi connectivity index (χ0v) is 8.19. The molecule has 2 rings (SSSR count). The second kappa shape index (κ2) is 3.61. The van der Waals surface area contributed by atoms with Crippen molar-refractivity contribution in [3.05, 3.63) is 24.1 Å². The lowest BCUT2D eigenvalue weighted by Crippen LogP contribution is -2.04. The Labute approximate surface area is 85.8 Å². The number of hydrogen-bond donors (Lipinski definition) is 1. The first kappa shape index (κ1) is 9.51. The quantitative estimate of drug-likeness (QED) is 0.588. The van der Waals surface area contributed by atoms with Crippen LogP contribution in [0.3, 0.4) is 0 Å². The first-order valence-corrected chi connectivity index (χ1v) is 4.41. The molecule has 1 heterocycles. The largest absolute Gasteiger partial charge is 0.469 e. The minimum atomic E-state index is -0.389. The fourth-order valence-corrected chi connectivity index (χ4v) is 1.29. The van der Waals surface area contributed by atoms with Crippen LogP contribution in [0.4, 0.5) is 5.69 Å². The van der Waals surface area contributed by atoms with Crippen molar-refractivity contribution in [1.82, 2.24) is 4.98 Å². The standard InChI is InChI=1S/C10H10N2O3/c1-14-9(13)5-8-12-7-4-2-3-6(11)10(7)15-8/h2-4H,5,11H2,1H3. The molecule has 78 valence electrons. The Morgan fingerprint density at radius 3 is 3.07 bits per heavy atom. The van der Waals surface area contributed by atoms with Crippen molar-refractivity contribution in [2.75, 3.05) is 12.8 Å². The second-order valence-electron chi connectivity index (χ2n) is 3.06. The third-order valence-corrected chi connectivity index (χ3v) is 2.01. The Balaban J connectivity index is 2.39. The number of esters is 1. The Morgan fingerprint density at radius 1 is 1.60 bits per heavy atom. The Morgan fingerprint density at radius 2 is 2.40 bits per heavy atom. The van der Waals surface area contributed by atoms with Crippen LogP contribution in [-0.4, -0.2) is 18.1 Å². The predicted octanol–water partition coefficient (Wildman–Crippen LogP) is 1.13. The maximum atomic E-state index is 11.0. The monoisotopic (exact) mass is 206 g/mol. The molecule has 0 aliphatic rings. The molecule has 0 saturated carbocycles. The molecular weight excluding hydrogens is 196 g/mol. The molecule has 5 nitrogen and oxygen atoms in total. The SMILES string of the molecule is COC(=O)Cc1nc2cccc(N)c2o1. The summed E-state index contributed by atoms with van der Waals surface area (Å²) in [4.78, 5) is 15.1. The van der Waals surface area contributed by atoms with Crippen LogP contribution >= 0.6 is 0 Å². The molecule has 1 aromatic carbocycles. The normalized spacial score (nSPS) is 10.5. The number of nitrogen functional groups attached to an aromatic ring is 1. The summed E-state index contributed by atoms with van der Waals surface area (Å²) in [6, 6.07) is 5.27. The van der Waals surface area contributed by atoms with Gasteiger partial charge in [-0.2, -0.15) is 0 Å². The van der Waals surface area contributed by atoms with E-state index < -0.39 is 0 Å². The Kier molecular flexibility index (Phi) is 2.29. The maximum Gasteiger partial charge on any atom is 0.314 e. The second-order valence-corrected chi connectivity index (χ2v) is 3.06. The number of fused-ring (bicyclic) bond motifs is 1. The van der Waals surface area contributed by atoms with E-state index in [1.807, 2.05) is 0 Å². The van der Waals surface area contributed by atoms with Gasteiger partial charge >= 0.3 is 5.97 Å². The van der Waals surface area contributed by atoms with Crippen molar-refractivity contribution in [2.45, 2.75) is 6.42 Å². The average molecular weight is 206 g/mol. The van der Waals surface area contributed by atoms with Crippen LogP contribution in [0.2, 0.25) is 0 Å². The van der Waals surface area contributed by atoms with Gasteiger partial charge in [-0.25, -0.2) is 4.98 Å². The number of oxazole rings is 1. The number of rotatable bonds is 2. The van der Waals surface area contributed by atoms with Crippen LogP contribution in [0.1, 0.15) is 5.89 Å². The first-order valence-electron chi connectivity index (χ1n) is 4.41. The van der Waals surface area contributed by atoms with Gasteiger partial charge in [0, 0.05) is 0 Å². The van der Waals surface area contributed by atoms with E-state index in [0.717, 1.165) is 0 Å². The summed E-state index contributed by atoms with van der Waals surface area (Å²) in [6.07, 6.45) is 0.0185. The Bertz CT molecular complexity index is 504. The summed E-state index contributed by atoms with van der Waals surface area (Å²) in [6.45, 7) is 0. The zero-order valence-electron chi connectivity index (χ0n) is 8.19. The minimum absolute atomic E-state index is 0.0185. The summed E-state index contributed by atoms with van der Waals surface area (Å²) < 4.78 is 9.84. The molecule has 0 atom stereocenters. The van der Waals surface area contributed by atoms with E-state index in [4.69, 9.17) is 10.2 Å². The van der Waals surface area contributed by atoms with Gasteiger partial charge in [0.15, 0.2) is 5.58 Å². The topological polar surface area (TPSA) is 78.3 Å². The number of methoxy groups -OCH3 is 1. The third kappa shape index (κ3) is 1.76. The highest BCUT2D eigenvalue weighted by molar-refractivity contribution is 5.85. The lowest BCUT2D eigenvalue weighted by Gasteiger charge is -1.93. The number of ether oxygens (including phenoxy) is 1. The van der Waals surface area contributed by atoms with Crippen LogP contribution in [-0.2, 0) is 16.0 Å². The summed E-state index contributed by atoms with van der Waals surface area (Å²) in [5, 5.41) is 0. The van der Waals surface area contributed by atoms with Gasteiger partial charge in [-0.05, 0) is 12.1 Å². The molecule has 5 heteroatoms. The van der Waals surface area contributed by atoms with Crippen molar-refractivity contribution in [1.29, 1.82) is 0 Å². The minimum Gasteiger partial charge on any atom is -0.469 e. The molecule has 15 heavy (non-hydrogen) atoms. The number of hydrogen-bond acceptors (Lipinski definition) is 5. The zero-order chi connectivity index (χ0) is 10.8. The molecule has 0 spiro atoms. The molecule has 2 aromatic rings. The molecule has 0 fully saturated rings. The van der Waals surface area contributed by atoms with E-state index in [2.05, 4.69) is 9.72 Å². The molecule has 2 N–H and O–H groups in total. The number of carbonyl (C=O) groups excluding carboxylic acids is 1. The average Bonchev–Trinajstić information content (AvgIpc) is 2.62. The number of carbonyl (C=O) groups is 1. The highest BCUT2D eigenvalue weighted by atomic mass is 16.5. The van der Waals surface area contributed by atoms with Crippen molar-refractivity contribution in [2.24, 2.45) is 0 Å². The molecule has 0 unspecified atom stereocenters. The predicted molar refractivity (Wildman–Crippen MR) is 54.1 cm³/mol. The molecule has 0 aliphatic heterocycles. The van der Waals surface area contributed by atoms with Crippen LogP contribution in [0.5, 0.6) is 0 Å². The summed E-state index contributed by atoms with van der Waals surface area (Å²) in [5.41, 5.74) is 7.35. The van der Waals surface area contributed by atoms with Crippen molar-refractivity contribution < 1.29 is 13.9 Å².